The number of nitrogens with one attached hydrogen (secondary N) is 2. The molecule has 2 unspecified atom stereocenters. The van der Waals surface area contributed by atoms with Gasteiger partial charge in [-0.3, -0.25) is 13.8 Å². The molecule has 1 heterocycles. The average molecular weight is 699 g/mol. The lowest BCUT2D eigenvalue weighted by atomic mass is 9.85. The van der Waals surface area contributed by atoms with E-state index >= 15 is 0 Å². The number of nitrogens with zero attached hydrogens (tertiary/aromatic N) is 1. The van der Waals surface area contributed by atoms with Gasteiger partial charge in [0.25, 0.3) is 10.1 Å². The van der Waals surface area contributed by atoms with Gasteiger partial charge in [0.05, 0.1) is 18.1 Å². The number of amides is 3. The topological polar surface area (TPSA) is 157 Å². The van der Waals surface area contributed by atoms with Crippen molar-refractivity contribution in [3.05, 3.63) is 41.4 Å². The Morgan fingerprint density at radius 3 is 2.30 bits per heavy atom. The van der Waals surface area contributed by atoms with Crippen molar-refractivity contribution in [2.45, 2.75) is 94.0 Å². The number of rotatable bonds is 10. The number of halogens is 1. The van der Waals surface area contributed by atoms with Crippen LogP contribution in [0.3, 0.4) is 0 Å². The minimum Gasteiger partial charge on any atom is -0.467 e. The molecule has 0 aromatic heterocycles. The lowest BCUT2D eigenvalue weighted by Crippen LogP contribution is -2.59. The second kappa shape index (κ2) is 13.2. The molecule has 2 saturated carbocycles. The molecule has 1 aliphatic heterocycles. The van der Waals surface area contributed by atoms with Crippen molar-refractivity contribution in [3.63, 3.8) is 0 Å². The van der Waals surface area contributed by atoms with Crippen LogP contribution in [0.5, 0.6) is 0 Å². The lowest BCUT2D eigenvalue weighted by molar-refractivity contribution is -0.148. The van der Waals surface area contributed by atoms with Gasteiger partial charge in [0, 0.05) is 23.4 Å². The van der Waals surface area contributed by atoms with Gasteiger partial charge < -0.3 is 25.0 Å². The van der Waals surface area contributed by atoms with Gasteiger partial charge in [0.1, 0.15) is 23.7 Å². The van der Waals surface area contributed by atoms with Crippen molar-refractivity contribution >= 4 is 49.9 Å². The zero-order valence-electron chi connectivity index (χ0n) is 25.3. The number of ether oxygens (including phenoxy) is 2. The first-order chi connectivity index (χ1) is 20.6. The summed E-state index contributed by atoms with van der Waals surface area (Å²) in [5.41, 5.74) is -2.15. The number of methoxy groups -OCH3 is 1. The fourth-order valence-electron chi connectivity index (χ4n) is 5.81. The Morgan fingerprint density at radius 2 is 1.75 bits per heavy atom. The molecular formula is C30H40BrN3O9S. The molecule has 3 fully saturated rings. The Morgan fingerprint density at radius 1 is 1.11 bits per heavy atom. The maximum atomic E-state index is 14.1. The fourth-order valence-corrected chi connectivity index (χ4v) is 7.15. The Hall–Kier alpha value is -2.97. The van der Waals surface area contributed by atoms with Crippen LogP contribution >= 0.6 is 15.9 Å². The molecule has 0 radical (unpaired) electrons. The van der Waals surface area contributed by atoms with Crippen LogP contribution in [0.25, 0.3) is 0 Å². The Bertz CT molecular complexity index is 1390. The summed E-state index contributed by atoms with van der Waals surface area (Å²) in [6.45, 7) is 8.74. The number of benzene rings is 1. The number of hydrogen-bond donors (Lipinski definition) is 2. The first-order valence-corrected chi connectivity index (χ1v) is 16.8. The van der Waals surface area contributed by atoms with Gasteiger partial charge in [-0.2, -0.15) is 8.42 Å². The van der Waals surface area contributed by atoms with E-state index in [0.717, 1.165) is 25.7 Å². The van der Waals surface area contributed by atoms with Crippen molar-refractivity contribution in [2.24, 2.45) is 11.3 Å². The normalized spacial score (nSPS) is 26.0. The van der Waals surface area contributed by atoms with Crippen LogP contribution in [-0.2, 0) is 38.2 Å². The molecule has 1 saturated heterocycles. The highest BCUT2D eigenvalue weighted by atomic mass is 79.9. The molecule has 2 aliphatic carbocycles. The summed E-state index contributed by atoms with van der Waals surface area (Å²) in [5.74, 6) is -2.32. The van der Waals surface area contributed by atoms with Crippen LogP contribution in [0.1, 0.15) is 59.3 Å². The summed E-state index contributed by atoms with van der Waals surface area (Å²) < 4.78 is 42.9. The zero-order valence-corrected chi connectivity index (χ0v) is 27.7. The third-order valence-corrected chi connectivity index (χ3v) is 10.3. The van der Waals surface area contributed by atoms with E-state index in [0.29, 0.717) is 4.47 Å². The van der Waals surface area contributed by atoms with Crippen LogP contribution in [-0.4, -0.2) is 80.7 Å². The first kappa shape index (κ1) is 33.9. The Kier molecular flexibility index (Phi) is 10.2. The van der Waals surface area contributed by atoms with Gasteiger partial charge in [-0.1, -0.05) is 42.8 Å². The van der Waals surface area contributed by atoms with E-state index < -0.39 is 63.1 Å². The van der Waals surface area contributed by atoms with Crippen molar-refractivity contribution in [3.8, 4) is 0 Å². The molecule has 3 amide bonds. The van der Waals surface area contributed by atoms with E-state index in [-0.39, 0.29) is 36.3 Å². The number of esters is 1. The van der Waals surface area contributed by atoms with Crippen molar-refractivity contribution < 1.29 is 41.3 Å². The van der Waals surface area contributed by atoms with Crippen LogP contribution < -0.4 is 10.6 Å². The number of likely N-dealkylation sites (tertiary alicyclic amines) is 1. The molecule has 12 nitrogen and oxygen atoms in total. The number of alkyl carbamates (subject to hydrolysis) is 1. The number of hydrogen-bond acceptors (Lipinski definition) is 9. The molecule has 0 spiro atoms. The molecule has 5 atom stereocenters. The van der Waals surface area contributed by atoms with Gasteiger partial charge in [-0.05, 0) is 61.8 Å². The van der Waals surface area contributed by atoms with E-state index in [1.165, 1.54) is 24.1 Å². The standard InChI is InChI=1S/C30H40BrN3O9S/c1-6-18-16-30(18,27(37)41-5)33-25(35)23-15-21(43-44(39,40)22-13-11-19(31)12-14-22)17-34(23)26(36)24(29(2,3)4)32-28(38)42-20-9-7-8-10-20/h6,11-14,18,20-21,23-24H,1,7-10,15-17H2,2-5H3,(H,32,38)(H,33,35)/t18-,21?,23+,24-,30?/m1/s1. The predicted octanol–water partition coefficient (Wildman–Crippen LogP) is 3.44. The largest absolute Gasteiger partial charge is 0.467 e. The molecule has 0 bridgehead atoms. The summed E-state index contributed by atoms with van der Waals surface area (Å²) >= 11 is 3.27. The van der Waals surface area contributed by atoms with Gasteiger partial charge in [0.15, 0.2) is 0 Å². The van der Waals surface area contributed by atoms with E-state index in [1.807, 2.05) is 0 Å². The molecule has 242 valence electrons. The van der Waals surface area contributed by atoms with E-state index in [9.17, 15) is 27.6 Å². The highest BCUT2D eigenvalue weighted by Gasteiger charge is 2.62. The van der Waals surface area contributed by atoms with E-state index in [2.05, 4.69) is 33.1 Å². The maximum Gasteiger partial charge on any atom is 0.408 e. The fraction of sp³-hybridized carbons (Fsp3) is 0.600. The van der Waals surface area contributed by atoms with Crippen LogP contribution in [0.15, 0.2) is 46.3 Å². The molecule has 1 aromatic rings. The molecular weight excluding hydrogens is 658 g/mol. The van der Waals surface area contributed by atoms with E-state index in [4.69, 9.17) is 13.7 Å². The monoisotopic (exact) mass is 697 g/mol. The van der Waals surface area contributed by atoms with Crippen LogP contribution in [0, 0.1) is 11.3 Å². The second-order valence-corrected chi connectivity index (χ2v) is 15.1. The second-order valence-electron chi connectivity index (χ2n) is 12.6. The van der Waals surface area contributed by atoms with Crippen LogP contribution in [0.4, 0.5) is 4.79 Å². The SMILES string of the molecule is C=C[C@@H]1CC1(NC(=O)[C@@H]1CC(OS(=O)(=O)c2ccc(Br)cc2)CN1C(=O)[C@@H](NC(=O)OC1CCCC1)C(C)(C)C)C(=O)OC. The van der Waals surface area contributed by atoms with Crippen LogP contribution in [0.2, 0.25) is 0 Å². The molecule has 2 N–H and O–H groups in total. The smallest absolute Gasteiger partial charge is 0.408 e. The van der Waals surface area contributed by atoms with Gasteiger partial charge in [-0.15, -0.1) is 6.58 Å². The summed E-state index contributed by atoms with van der Waals surface area (Å²) in [5, 5.41) is 5.42. The molecule has 44 heavy (non-hydrogen) atoms. The average Bonchev–Trinajstić information content (AvgIpc) is 3.24. The Balaban J connectivity index is 1.60. The van der Waals surface area contributed by atoms with Crippen molar-refractivity contribution in [1.82, 2.24) is 15.5 Å². The lowest BCUT2D eigenvalue weighted by Gasteiger charge is -2.35. The minimum atomic E-state index is -4.26. The number of carbonyl (C=O) groups is 4. The van der Waals surface area contributed by atoms with Gasteiger partial charge in [-0.25, -0.2) is 9.59 Å². The molecule has 14 heteroatoms. The quantitative estimate of drug-likeness (QED) is 0.212. The molecule has 4 rings (SSSR count). The number of carbonyl (C=O) groups excluding carboxylic acids is 4. The van der Waals surface area contributed by atoms with Crippen molar-refractivity contribution in [1.29, 1.82) is 0 Å². The van der Waals surface area contributed by atoms with Gasteiger partial charge in [0.2, 0.25) is 11.8 Å². The zero-order chi connectivity index (χ0) is 32.4. The highest BCUT2D eigenvalue weighted by Crippen LogP contribution is 2.45. The first-order valence-electron chi connectivity index (χ1n) is 14.6. The molecule has 3 aliphatic rings. The Labute approximate surface area is 266 Å². The third kappa shape index (κ3) is 7.45. The van der Waals surface area contributed by atoms with E-state index in [1.54, 1.807) is 39.0 Å². The third-order valence-electron chi connectivity index (χ3n) is 8.36. The summed E-state index contributed by atoms with van der Waals surface area (Å²) in [6.07, 6.45) is 2.97. The summed E-state index contributed by atoms with van der Waals surface area (Å²) in [7, 11) is -3.05. The minimum absolute atomic E-state index is 0.0909. The highest BCUT2D eigenvalue weighted by molar-refractivity contribution is 9.10. The van der Waals surface area contributed by atoms with Crippen molar-refractivity contribution in [2.75, 3.05) is 13.7 Å². The van der Waals surface area contributed by atoms with Gasteiger partial charge >= 0.3 is 12.1 Å². The summed E-state index contributed by atoms with van der Waals surface area (Å²) in [6, 6.07) is 3.53. The summed E-state index contributed by atoms with van der Waals surface area (Å²) in [4.78, 5) is 54.5. The maximum absolute atomic E-state index is 14.1. The predicted molar refractivity (Wildman–Crippen MR) is 163 cm³/mol. The molecule has 1 aromatic carbocycles.